The van der Waals surface area contributed by atoms with E-state index in [1.54, 1.807) is 32.9 Å². The summed E-state index contributed by atoms with van der Waals surface area (Å²) in [6.07, 6.45) is 0.742. The molecule has 3 heterocycles. The van der Waals surface area contributed by atoms with Crippen molar-refractivity contribution in [2.75, 3.05) is 67.6 Å². The van der Waals surface area contributed by atoms with Crippen LogP contribution in [0, 0.1) is 27.7 Å². The number of aliphatic hydroxyl groups is 4. The van der Waals surface area contributed by atoms with Crippen molar-refractivity contribution < 1.29 is 145 Å². The van der Waals surface area contributed by atoms with E-state index >= 15 is 0 Å². The number of ketones is 2. The number of rotatable bonds is 39. The van der Waals surface area contributed by atoms with E-state index in [9.17, 15) is 73.8 Å². The van der Waals surface area contributed by atoms with E-state index < -0.39 is 66.9 Å². The zero-order chi connectivity index (χ0) is 105. The molecule has 145 heavy (non-hydrogen) atoms. The third kappa shape index (κ3) is 36.4. The van der Waals surface area contributed by atoms with Gasteiger partial charge in [-0.25, -0.2) is 19.2 Å². The van der Waals surface area contributed by atoms with E-state index in [-0.39, 0.29) is 137 Å². The number of carbonyl (C=O) groups excluding carboxylic acids is 9. The second kappa shape index (κ2) is 59.4. The standard InChI is InChI=1S/C26H27NO6.C23H27NO6.2C19H21NO6.C19H23NO5.C3H5ClO/c1-18-24(30-15-19-8-4-2-5-9-19)21(13-23-25(18)33-17-32-23)12-22(14-28)27-26(29)31-16-20-10-6-3-7-11-20;1-4-21(26)24-19(13-27-16(3)25)10-18-11-20-23(30-14-29-20)15(2)22(18)28-12-17-8-6-5-7-9-17;1-12-17(22)14(8-16-18(12)26-11-25-16)7-15(9-21)20-19(23)24-10-13-5-3-2-4-6-13;1-12-17(23)14(9-16(22)18(12)25-2)8-15(10-21)20-19(24)26-11-13-6-4-3-5-7-13;1-13-8-15(10-17(22)18(13)24-2)9-16(11-21)20-19(23)25-12-14-6-4-3-5-7-14;1-2-3(4)5/h2-11,13,22,28H,12,14-17H2,1H3,(H,27,29);5-9,11,19H,4,10,12-14H2,1-3H3,(H,24,26);2-6,8,15,21-22H,7,9-11H2,1H3,(H,20,23);3-7,9,15,21H,8,10-11H2,1-2H3,(H,20,24);3-8,10,16,21-22H,9,11-12H2,1-2H3,(H,20,23);2H2,1H3/t22-;19-;2*15-;16-;/m00000./s1. The number of amides is 5. The highest BCUT2D eigenvalue weighted by molar-refractivity contribution is 6.63. The zero-order valence-electron chi connectivity index (χ0n) is 82.4. The zero-order valence-corrected chi connectivity index (χ0v) is 83.1. The number of allylic oxidation sites excluding steroid dienone is 2. The minimum atomic E-state index is -0.752. The van der Waals surface area contributed by atoms with Gasteiger partial charge in [0.25, 0.3) is 0 Å². The predicted molar refractivity (Wildman–Crippen MR) is 534 cm³/mol. The summed E-state index contributed by atoms with van der Waals surface area (Å²) in [5.41, 5.74) is 11.9. The summed E-state index contributed by atoms with van der Waals surface area (Å²) in [6.45, 7) is 14.3. The molecular formula is C109H124ClN5O30. The van der Waals surface area contributed by atoms with Gasteiger partial charge in [-0.3, -0.25) is 24.0 Å². The first-order chi connectivity index (χ1) is 69.9. The first kappa shape index (κ1) is 113. The Hall–Kier alpha value is -15.6. The molecular weight excluding hydrogens is 1890 g/mol. The van der Waals surface area contributed by atoms with E-state index in [4.69, 9.17) is 82.7 Å². The van der Waals surface area contributed by atoms with Crippen LogP contribution in [0.3, 0.4) is 0 Å². The van der Waals surface area contributed by atoms with Gasteiger partial charge in [-0.05, 0) is 153 Å². The summed E-state index contributed by atoms with van der Waals surface area (Å²) in [5.74, 6) is 4.21. The maximum atomic E-state index is 12.3. The van der Waals surface area contributed by atoms with Gasteiger partial charge in [0.15, 0.2) is 57.5 Å². The number of aromatic hydroxyl groups is 2. The second-order valence-corrected chi connectivity index (χ2v) is 33.6. The summed E-state index contributed by atoms with van der Waals surface area (Å²) in [4.78, 5) is 105. The number of carbonyl (C=O) groups is 9. The summed E-state index contributed by atoms with van der Waals surface area (Å²) in [5, 5.41) is 71.9. The molecule has 35 nitrogen and oxygen atoms in total. The van der Waals surface area contributed by atoms with Crippen LogP contribution in [0.15, 0.2) is 235 Å². The number of halogens is 1. The third-order valence-electron chi connectivity index (χ3n) is 22.3. The SMILES string of the molecule is CCC(=O)Cl.CCC(=O)N[C@H](COC(C)=O)Cc1cc2c(c(C)c1OCc1ccccc1)OCO2.COC1=C(C)C(=O)C(C[C@@H](CO)NC(=O)OCc2ccccc2)=CC1=O.COc1c(C)cc(C[C@@H](CO)NC(=O)OCc2ccccc2)cc1O.Cc1c(O)c(C[C@@H](CO)NC(=O)OCc2ccccc2)cc2c1OCO2.Cc1c(OCc2ccccc2)c(C[C@@H](CO)NC(=O)OCc2ccccc2)cc2c1OCO2. The smallest absolute Gasteiger partial charge is 0.407 e. The molecule has 10 aromatic rings. The Morgan fingerprint density at radius 3 is 1.06 bits per heavy atom. The topological polar surface area (TPSA) is 474 Å². The fourth-order valence-corrected chi connectivity index (χ4v) is 14.9. The average molecular weight is 2020 g/mol. The van der Waals surface area contributed by atoms with Crippen molar-refractivity contribution in [2.24, 2.45) is 0 Å². The van der Waals surface area contributed by atoms with E-state index in [2.05, 4.69) is 26.6 Å². The largest absolute Gasteiger partial charge is 0.507 e. The van der Waals surface area contributed by atoms with Crippen LogP contribution >= 0.6 is 11.6 Å². The molecule has 14 rings (SSSR count). The number of esters is 1. The Bertz CT molecular complexity index is 5960. The van der Waals surface area contributed by atoms with Crippen molar-refractivity contribution >= 4 is 64.7 Å². The van der Waals surface area contributed by atoms with Crippen LogP contribution in [-0.2, 0) is 118 Å². The molecule has 1 aliphatic carbocycles. The van der Waals surface area contributed by atoms with Crippen molar-refractivity contribution in [3.05, 3.63) is 313 Å². The number of phenolic OH excluding ortho intramolecular Hbond substituents is 2. The molecule has 0 saturated heterocycles. The number of methoxy groups -OCH3 is 2. The molecule has 36 heteroatoms. The van der Waals surface area contributed by atoms with Crippen LogP contribution in [0.5, 0.6) is 63.2 Å². The van der Waals surface area contributed by atoms with Crippen molar-refractivity contribution in [2.45, 2.75) is 170 Å². The Morgan fingerprint density at radius 1 is 0.386 bits per heavy atom. The molecule has 11 N–H and O–H groups in total. The van der Waals surface area contributed by atoms with Crippen molar-refractivity contribution in [1.82, 2.24) is 26.6 Å². The summed E-state index contributed by atoms with van der Waals surface area (Å²) in [7, 11) is 2.81. The molecule has 0 fully saturated rings. The molecule has 772 valence electrons. The van der Waals surface area contributed by atoms with Crippen molar-refractivity contribution in [3.63, 3.8) is 0 Å². The number of aryl methyl sites for hydroxylation is 1. The first-order valence-electron chi connectivity index (χ1n) is 46.6. The third-order valence-corrected chi connectivity index (χ3v) is 22.6. The van der Waals surface area contributed by atoms with E-state index in [1.807, 2.05) is 221 Å². The number of hydrogen-bond acceptors (Lipinski definition) is 30. The Balaban J connectivity index is 0.000000200. The number of nitrogens with one attached hydrogen (secondary N) is 5. The van der Waals surface area contributed by atoms with Crippen LogP contribution in [0.1, 0.15) is 125 Å². The molecule has 4 aliphatic rings. The van der Waals surface area contributed by atoms with E-state index in [0.717, 1.165) is 66.8 Å². The van der Waals surface area contributed by atoms with Crippen molar-refractivity contribution in [1.29, 1.82) is 0 Å². The number of ether oxygens (including phenoxy) is 15. The lowest BCUT2D eigenvalue weighted by molar-refractivity contribution is -0.142. The van der Waals surface area contributed by atoms with Crippen LogP contribution in [0.25, 0.3) is 0 Å². The highest BCUT2D eigenvalue weighted by Crippen LogP contribution is 2.47. The molecule has 3 aliphatic heterocycles. The monoisotopic (exact) mass is 2020 g/mol. The van der Waals surface area contributed by atoms with Crippen LogP contribution in [-0.4, -0.2) is 182 Å². The molecule has 0 saturated carbocycles. The van der Waals surface area contributed by atoms with Gasteiger partial charge in [-0.1, -0.05) is 202 Å². The molecule has 5 atom stereocenters. The Morgan fingerprint density at radius 2 is 0.724 bits per heavy atom. The minimum Gasteiger partial charge on any atom is -0.507 e. The summed E-state index contributed by atoms with van der Waals surface area (Å²) >= 11 is 4.82. The van der Waals surface area contributed by atoms with Crippen LogP contribution < -0.4 is 69.2 Å². The fraction of sp³-hybridized carbons (Fsp3) is 0.330. The first-order valence-corrected chi connectivity index (χ1v) is 47.0. The van der Waals surface area contributed by atoms with Gasteiger partial charge >= 0.3 is 30.3 Å². The summed E-state index contributed by atoms with van der Waals surface area (Å²) in [6, 6.07) is 62.9. The van der Waals surface area contributed by atoms with Gasteiger partial charge in [0.1, 0.15) is 63.5 Å². The highest BCUT2D eigenvalue weighted by Gasteiger charge is 2.32. The van der Waals surface area contributed by atoms with Gasteiger partial charge in [0.2, 0.25) is 37.3 Å². The second-order valence-electron chi connectivity index (χ2n) is 33.2. The maximum Gasteiger partial charge on any atom is 0.407 e. The van der Waals surface area contributed by atoms with E-state index in [1.165, 1.54) is 34.1 Å². The average Bonchev–Trinajstić information content (AvgIpc) is 1.69. The minimum absolute atomic E-state index is 0.00882. The fourth-order valence-electron chi connectivity index (χ4n) is 14.9. The highest BCUT2D eigenvalue weighted by atomic mass is 35.5. The predicted octanol–water partition coefficient (Wildman–Crippen LogP) is 15.1. The normalized spacial score (nSPS) is 13.0. The lowest BCUT2D eigenvalue weighted by atomic mass is 9.91. The van der Waals surface area contributed by atoms with Gasteiger partial charge in [0, 0.05) is 64.3 Å². The molecule has 0 radical (unpaired) electrons. The Labute approximate surface area is 845 Å². The Kier molecular flexibility index (Phi) is 46.3. The molecule has 0 bridgehead atoms. The number of benzene rings is 10. The molecule has 0 spiro atoms. The lowest BCUT2D eigenvalue weighted by Gasteiger charge is -2.22. The molecule has 0 unspecified atom stereocenters. The van der Waals surface area contributed by atoms with Gasteiger partial charge < -0.3 is 128 Å². The molecule has 10 aromatic carbocycles. The quantitative estimate of drug-likeness (QED) is 0.00737. The van der Waals surface area contributed by atoms with Gasteiger partial charge in [-0.15, -0.1) is 0 Å². The summed E-state index contributed by atoms with van der Waals surface area (Å²) < 4.78 is 81.3. The number of alkyl carbamates (subject to hydrolysis) is 4. The van der Waals surface area contributed by atoms with Crippen LogP contribution in [0.2, 0.25) is 0 Å². The van der Waals surface area contributed by atoms with Gasteiger partial charge in [0.05, 0.1) is 70.9 Å². The number of fused-ring (bicyclic) bond motifs is 3. The number of Topliss-reactive ketones (excluding diaryl/α,β-unsaturated/α-hetero) is 1. The van der Waals surface area contributed by atoms with E-state index in [0.29, 0.717) is 108 Å². The number of phenols is 2. The molecule has 0 aromatic heterocycles. The molecule has 5 amide bonds. The lowest BCUT2D eigenvalue weighted by Crippen LogP contribution is -2.40. The number of hydrogen-bond donors (Lipinski definition) is 11. The van der Waals surface area contributed by atoms with Crippen LogP contribution in [0.4, 0.5) is 19.2 Å². The maximum absolute atomic E-state index is 12.3. The van der Waals surface area contributed by atoms with Crippen molar-refractivity contribution in [3.8, 4) is 63.2 Å². The van der Waals surface area contributed by atoms with Gasteiger partial charge in [-0.2, -0.15) is 0 Å². The number of aliphatic hydroxyl groups excluding tert-OH is 4.